The normalized spacial score (nSPS) is 20.7. The van der Waals surface area contributed by atoms with E-state index in [9.17, 15) is 19.2 Å². The summed E-state index contributed by atoms with van der Waals surface area (Å²) in [5, 5.41) is 15.4. The number of ether oxygens (including phenoxy) is 3. The molecule has 1 rings (SSSR count). The minimum Gasteiger partial charge on any atom is -0.481 e. The van der Waals surface area contributed by atoms with Crippen molar-refractivity contribution in [3.05, 3.63) is 0 Å². The van der Waals surface area contributed by atoms with Gasteiger partial charge in [-0.3, -0.25) is 19.2 Å². The van der Waals surface area contributed by atoms with Gasteiger partial charge < -0.3 is 24.4 Å². The van der Waals surface area contributed by atoms with Crippen LogP contribution in [0.1, 0.15) is 73.1 Å². The van der Waals surface area contributed by atoms with Gasteiger partial charge in [0.2, 0.25) is 6.29 Å². The van der Waals surface area contributed by atoms with Crippen molar-refractivity contribution < 1.29 is 43.6 Å². The van der Waals surface area contributed by atoms with E-state index in [1.54, 1.807) is 27.7 Å². The van der Waals surface area contributed by atoms with Crippen molar-refractivity contribution in [1.29, 1.82) is 0 Å². The molecule has 9 nitrogen and oxygen atoms in total. The minimum absolute atomic E-state index is 0.0150. The number of aliphatic carboxylic acids is 2. The summed E-state index contributed by atoms with van der Waals surface area (Å²) >= 11 is 0. The molecule has 0 aromatic carbocycles. The Bertz CT molecular complexity index is 448. The van der Waals surface area contributed by atoms with Crippen LogP contribution >= 0.6 is 0 Å². The van der Waals surface area contributed by atoms with Crippen LogP contribution in [0.25, 0.3) is 0 Å². The second-order valence-corrected chi connectivity index (χ2v) is 5.61. The molecule has 1 saturated heterocycles. The van der Waals surface area contributed by atoms with Crippen molar-refractivity contribution >= 4 is 23.9 Å². The van der Waals surface area contributed by atoms with Gasteiger partial charge in [-0.2, -0.15) is 0 Å². The van der Waals surface area contributed by atoms with Gasteiger partial charge in [-0.05, 0) is 19.8 Å². The van der Waals surface area contributed by atoms with Gasteiger partial charge in [0.25, 0.3) is 0 Å². The lowest BCUT2D eigenvalue weighted by Crippen LogP contribution is -2.43. The zero-order chi connectivity index (χ0) is 21.4. The molecule has 1 aliphatic heterocycles. The largest absolute Gasteiger partial charge is 0.481 e. The topological polar surface area (TPSA) is 136 Å². The summed E-state index contributed by atoms with van der Waals surface area (Å²) in [5.74, 6) is -2.14. The standard InChI is InChI=1S/C12H20O5.2C3H6O2/c1-4-10(13)16-9-7-6-8(3)15-12(9)17-11(14)5-2;2*1-2-3(4)5/h8-9,12H,4-7H2,1-3H3;2*2H2,1H3,(H,4,5)/t8-,9-,12?;;/m0../s1. The Hall–Kier alpha value is -2.16. The Morgan fingerprint density at radius 3 is 1.59 bits per heavy atom. The fourth-order valence-corrected chi connectivity index (χ4v) is 1.60. The average Bonchev–Trinajstić information content (AvgIpc) is 2.64. The van der Waals surface area contributed by atoms with Crippen molar-refractivity contribution in [2.24, 2.45) is 0 Å². The predicted molar refractivity (Wildman–Crippen MR) is 96.0 cm³/mol. The molecule has 9 heteroatoms. The average molecular weight is 392 g/mol. The lowest BCUT2D eigenvalue weighted by atomic mass is 10.1. The van der Waals surface area contributed by atoms with E-state index in [1.807, 2.05) is 6.92 Å². The molecule has 158 valence electrons. The molecule has 1 unspecified atom stereocenters. The van der Waals surface area contributed by atoms with Gasteiger partial charge in [0.05, 0.1) is 6.10 Å². The highest BCUT2D eigenvalue weighted by atomic mass is 16.7. The highest BCUT2D eigenvalue weighted by Crippen LogP contribution is 2.23. The third kappa shape index (κ3) is 15.8. The number of carbonyl (C=O) groups excluding carboxylic acids is 2. The Kier molecular flexibility index (Phi) is 16.1. The molecule has 0 amide bonds. The number of esters is 2. The lowest BCUT2D eigenvalue weighted by molar-refractivity contribution is -0.240. The van der Waals surface area contributed by atoms with E-state index in [0.717, 1.165) is 6.42 Å². The van der Waals surface area contributed by atoms with Crippen LogP contribution in [0.15, 0.2) is 0 Å². The van der Waals surface area contributed by atoms with Gasteiger partial charge in [0.15, 0.2) is 6.10 Å². The summed E-state index contributed by atoms with van der Waals surface area (Å²) in [4.78, 5) is 41.2. The van der Waals surface area contributed by atoms with Gasteiger partial charge in [0.1, 0.15) is 0 Å². The minimum atomic E-state index is -0.762. The van der Waals surface area contributed by atoms with Crippen LogP contribution in [0.2, 0.25) is 0 Å². The van der Waals surface area contributed by atoms with Crippen LogP contribution in [-0.2, 0) is 33.4 Å². The summed E-state index contributed by atoms with van der Waals surface area (Å²) in [5.41, 5.74) is 0. The Labute approximate surface area is 160 Å². The van der Waals surface area contributed by atoms with E-state index < -0.39 is 24.3 Å². The molecule has 0 aromatic rings. The first kappa shape index (κ1) is 27.1. The number of hydrogen-bond donors (Lipinski definition) is 2. The number of carbonyl (C=O) groups is 4. The Morgan fingerprint density at radius 2 is 1.22 bits per heavy atom. The van der Waals surface area contributed by atoms with E-state index in [1.165, 1.54) is 0 Å². The van der Waals surface area contributed by atoms with Crippen molar-refractivity contribution in [2.45, 2.75) is 91.6 Å². The summed E-state index contributed by atoms with van der Waals surface area (Å²) in [6.45, 7) is 8.54. The van der Waals surface area contributed by atoms with Crippen LogP contribution in [0.5, 0.6) is 0 Å². The summed E-state index contributed by atoms with van der Waals surface area (Å²) in [6.07, 6.45) is 1.26. The smallest absolute Gasteiger partial charge is 0.307 e. The van der Waals surface area contributed by atoms with E-state index in [4.69, 9.17) is 24.4 Å². The SMILES string of the molecule is CCC(=O)O.CCC(=O)O.CCC(=O)OC1O[C@@H](C)CC[C@@H]1OC(=O)CC. The highest BCUT2D eigenvalue weighted by Gasteiger charge is 2.34. The zero-order valence-corrected chi connectivity index (χ0v) is 16.7. The summed E-state index contributed by atoms with van der Waals surface area (Å²) < 4.78 is 15.8. The van der Waals surface area contributed by atoms with Crippen molar-refractivity contribution in [2.75, 3.05) is 0 Å². The molecular weight excluding hydrogens is 360 g/mol. The van der Waals surface area contributed by atoms with E-state index in [2.05, 4.69) is 0 Å². The summed E-state index contributed by atoms with van der Waals surface area (Å²) in [6, 6.07) is 0. The molecule has 0 radical (unpaired) electrons. The summed E-state index contributed by atoms with van der Waals surface area (Å²) in [7, 11) is 0. The Morgan fingerprint density at radius 1 is 0.815 bits per heavy atom. The number of carboxylic acids is 2. The number of hydrogen-bond acceptors (Lipinski definition) is 7. The second kappa shape index (κ2) is 16.0. The fraction of sp³-hybridized carbons (Fsp3) is 0.778. The molecule has 1 fully saturated rings. The number of carboxylic acid groups (broad SMARTS) is 2. The maximum Gasteiger partial charge on any atom is 0.307 e. The quantitative estimate of drug-likeness (QED) is 0.654. The molecule has 27 heavy (non-hydrogen) atoms. The van der Waals surface area contributed by atoms with E-state index in [-0.39, 0.29) is 37.3 Å². The van der Waals surface area contributed by atoms with Crippen LogP contribution in [0, 0.1) is 0 Å². The van der Waals surface area contributed by atoms with E-state index in [0.29, 0.717) is 12.8 Å². The fourth-order valence-electron chi connectivity index (χ4n) is 1.60. The molecule has 0 saturated carbocycles. The van der Waals surface area contributed by atoms with E-state index >= 15 is 0 Å². The Balaban J connectivity index is 0. The van der Waals surface area contributed by atoms with Crippen molar-refractivity contribution in [1.82, 2.24) is 0 Å². The third-order valence-corrected chi connectivity index (χ3v) is 3.24. The third-order valence-electron chi connectivity index (χ3n) is 3.24. The van der Waals surface area contributed by atoms with Crippen LogP contribution in [0.4, 0.5) is 0 Å². The maximum absolute atomic E-state index is 11.2. The molecule has 0 bridgehead atoms. The molecule has 0 aliphatic carbocycles. The number of rotatable bonds is 6. The van der Waals surface area contributed by atoms with Gasteiger partial charge >= 0.3 is 23.9 Å². The first-order valence-corrected chi connectivity index (χ1v) is 9.08. The van der Waals surface area contributed by atoms with Crippen LogP contribution in [-0.4, -0.2) is 52.6 Å². The van der Waals surface area contributed by atoms with Gasteiger partial charge in [-0.15, -0.1) is 0 Å². The molecular formula is C18H32O9. The second-order valence-electron chi connectivity index (χ2n) is 5.61. The highest BCUT2D eigenvalue weighted by molar-refractivity contribution is 5.70. The van der Waals surface area contributed by atoms with Crippen LogP contribution < -0.4 is 0 Å². The van der Waals surface area contributed by atoms with Gasteiger partial charge in [0, 0.05) is 25.7 Å². The lowest BCUT2D eigenvalue weighted by Gasteiger charge is -2.33. The van der Waals surface area contributed by atoms with Crippen molar-refractivity contribution in [3.63, 3.8) is 0 Å². The molecule has 2 N–H and O–H groups in total. The monoisotopic (exact) mass is 392 g/mol. The van der Waals surface area contributed by atoms with Crippen LogP contribution in [0.3, 0.4) is 0 Å². The zero-order valence-electron chi connectivity index (χ0n) is 16.7. The molecule has 1 heterocycles. The first-order chi connectivity index (χ1) is 12.6. The van der Waals surface area contributed by atoms with Crippen molar-refractivity contribution in [3.8, 4) is 0 Å². The maximum atomic E-state index is 11.2. The molecule has 0 spiro atoms. The van der Waals surface area contributed by atoms with Gasteiger partial charge in [-0.25, -0.2) is 0 Å². The molecule has 1 aliphatic rings. The molecule has 0 aromatic heterocycles. The molecule has 3 atom stereocenters. The first-order valence-electron chi connectivity index (χ1n) is 9.08. The predicted octanol–water partition coefficient (Wildman–Crippen LogP) is 2.75. The van der Waals surface area contributed by atoms with Gasteiger partial charge in [-0.1, -0.05) is 27.7 Å².